The minimum atomic E-state index is -3.73. The van der Waals surface area contributed by atoms with Gasteiger partial charge in [0.05, 0.1) is 9.82 Å². The Labute approximate surface area is 136 Å². The monoisotopic (exact) mass is 349 g/mol. The zero-order valence-corrected chi connectivity index (χ0v) is 14.1. The molecule has 1 aliphatic heterocycles. The summed E-state index contributed by atoms with van der Waals surface area (Å²) in [4.78, 5) is 10.4. The van der Waals surface area contributed by atoms with Crippen molar-refractivity contribution in [3.05, 3.63) is 33.9 Å². The zero-order valence-electron chi connectivity index (χ0n) is 12.4. The fourth-order valence-corrected chi connectivity index (χ4v) is 4.43. The van der Waals surface area contributed by atoms with Crippen LogP contribution in [0, 0.1) is 23.0 Å². The highest BCUT2D eigenvalue weighted by Gasteiger charge is 2.37. The van der Waals surface area contributed by atoms with Crippen LogP contribution in [0.5, 0.6) is 0 Å². The van der Waals surface area contributed by atoms with Crippen molar-refractivity contribution >= 4 is 28.1 Å². The molecular weight excluding hydrogens is 330 g/mol. The molecule has 2 rings (SSSR count). The number of halogens is 1. The summed E-state index contributed by atoms with van der Waals surface area (Å²) in [6.45, 7) is 4.21. The highest BCUT2D eigenvalue weighted by Crippen LogP contribution is 2.31. The van der Waals surface area contributed by atoms with Crippen molar-refractivity contribution < 1.29 is 13.3 Å². The molecule has 2 N–H and O–H groups in total. The lowest BCUT2D eigenvalue weighted by molar-refractivity contribution is -0.385. The second-order valence-corrected chi connectivity index (χ2v) is 7.36. The lowest BCUT2D eigenvalue weighted by Crippen LogP contribution is -2.34. The van der Waals surface area contributed by atoms with Crippen LogP contribution in [0.4, 0.5) is 5.69 Å². The van der Waals surface area contributed by atoms with Gasteiger partial charge in [0.25, 0.3) is 5.69 Å². The second kappa shape index (κ2) is 6.91. The number of nitro groups is 1. The van der Waals surface area contributed by atoms with Crippen LogP contribution in [-0.2, 0) is 10.0 Å². The van der Waals surface area contributed by atoms with Gasteiger partial charge in [0.1, 0.15) is 0 Å². The lowest BCUT2D eigenvalue weighted by Gasteiger charge is -2.21. The highest BCUT2D eigenvalue weighted by molar-refractivity contribution is 7.89. The van der Waals surface area contributed by atoms with E-state index in [4.69, 9.17) is 5.73 Å². The first-order valence-electron chi connectivity index (χ1n) is 6.74. The van der Waals surface area contributed by atoms with Gasteiger partial charge in [-0.15, -0.1) is 12.4 Å². The van der Waals surface area contributed by atoms with E-state index in [-0.39, 0.29) is 34.9 Å². The summed E-state index contributed by atoms with van der Waals surface area (Å²) < 4.78 is 26.7. The maximum absolute atomic E-state index is 12.7. The van der Waals surface area contributed by atoms with Crippen LogP contribution in [0.15, 0.2) is 23.1 Å². The smallest absolute Gasteiger partial charge is 0.273 e. The number of hydrogen-bond acceptors (Lipinski definition) is 5. The van der Waals surface area contributed by atoms with E-state index in [1.807, 2.05) is 6.92 Å². The summed E-state index contributed by atoms with van der Waals surface area (Å²) >= 11 is 0. The van der Waals surface area contributed by atoms with Gasteiger partial charge in [-0.05, 0) is 38.8 Å². The van der Waals surface area contributed by atoms with Crippen LogP contribution in [0.25, 0.3) is 0 Å². The third kappa shape index (κ3) is 3.40. The molecular formula is C13H20ClN3O4S. The van der Waals surface area contributed by atoms with Crippen molar-refractivity contribution in [3.8, 4) is 0 Å². The van der Waals surface area contributed by atoms with E-state index in [0.717, 1.165) is 6.07 Å². The maximum atomic E-state index is 12.7. The predicted octanol–water partition coefficient (Wildman–Crippen LogP) is 1.68. The van der Waals surface area contributed by atoms with Gasteiger partial charge in [0.15, 0.2) is 0 Å². The first kappa shape index (κ1) is 18.8. The molecule has 0 bridgehead atoms. The van der Waals surface area contributed by atoms with E-state index in [1.165, 1.54) is 16.4 Å². The Morgan fingerprint density at radius 1 is 1.45 bits per heavy atom. The quantitative estimate of drug-likeness (QED) is 0.657. The zero-order chi connectivity index (χ0) is 15.8. The van der Waals surface area contributed by atoms with Crippen molar-refractivity contribution in [1.82, 2.24) is 4.31 Å². The molecule has 0 saturated carbocycles. The molecule has 2 unspecified atom stereocenters. The van der Waals surface area contributed by atoms with Gasteiger partial charge < -0.3 is 5.73 Å². The van der Waals surface area contributed by atoms with E-state index in [1.54, 1.807) is 6.92 Å². The minimum absolute atomic E-state index is 0. The number of nitro benzene ring substituents is 1. The second-order valence-electron chi connectivity index (χ2n) is 5.47. The Bertz CT molecular complexity index is 665. The number of sulfonamides is 1. The third-order valence-electron chi connectivity index (χ3n) is 3.92. The van der Waals surface area contributed by atoms with Gasteiger partial charge in [0, 0.05) is 24.2 Å². The molecule has 1 heterocycles. The number of nitrogens with two attached hydrogens (primary N) is 1. The molecule has 1 aromatic carbocycles. The molecule has 0 spiro atoms. The Hall–Kier alpha value is -1.22. The van der Waals surface area contributed by atoms with Crippen LogP contribution in [-0.4, -0.2) is 36.8 Å². The number of rotatable bonds is 4. The molecule has 0 radical (unpaired) electrons. The SMILES string of the molecule is Cc1ccc(S(=O)(=O)N2CC(CN)CC2C)cc1[N+](=O)[O-].Cl. The first-order valence-corrected chi connectivity index (χ1v) is 8.18. The molecule has 22 heavy (non-hydrogen) atoms. The molecule has 7 nitrogen and oxygen atoms in total. The van der Waals surface area contributed by atoms with Gasteiger partial charge in [-0.2, -0.15) is 4.31 Å². The summed E-state index contributed by atoms with van der Waals surface area (Å²) in [6, 6.07) is 3.86. The van der Waals surface area contributed by atoms with Gasteiger partial charge in [0.2, 0.25) is 10.0 Å². The minimum Gasteiger partial charge on any atom is -0.330 e. The van der Waals surface area contributed by atoms with Crippen molar-refractivity contribution in [2.75, 3.05) is 13.1 Å². The molecule has 0 amide bonds. The molecule has 0 aliphatic carbocycles. The highest BCUT2D eigenvalue weighted by atomic mass is 35.5. The van der Waals surface area contributed by atoms with E-state index in [0.29, 0.717) is 25.1 Å². The molecule has 1 saturated heterocycles. The largest absolute Gasteiger partial charge is 0.330 e. The summed E-state index contributed by atoms with van der Waals surface area (Å²) in [6.07, 6.45) is 0.712. The molecule has 124 valence electrons. The molecule has 1 fully saturated rings. The maximum Gasteiger partial charge on any atom is 0.273 e. The van der Waals surface area contributed by atoms with E-state index < -0.39 is 14.9 Å². The molecule has 2 atom stereocenters. The van der Waals surface area contributed by atoms with Gasteiger partial charge >= 0.3 is 0 Å². The Morgan fingerprint density at radius 3 is 2.59 bits per heavy atom. The standard InChI is InChI=1S/C13H19N3O4S.ClH/c1-9-3-4-12(6-13(9)16(17)18)21(19,20)15-8-11(7-14)5-10(15)2;/h3-4,6,10-11H,5,7-8,14H2,1-2H3;1H. The summed E-state index contributed by atoms with van der Waals surface area (Å²) in [5.41, 5.74) is 5.87. The van der Waals surface area contributed by atoms with Crippen molar-refractivity contribution in [1.29, 1.82) is 0 Å². The normalized spacial score (nSPS) is 22.3. The topological polar surface area (TPSA) is 107 Å². The van der Waals surface area contributed by atoms with Crippen LogP contribution >= 0.6 is 12.4 Å². The van der Waals surface area contributed by atoms with Crippen LogP contribution in [0.1, 0.15) is 18.9 Å². The summed E-state index contributed by atoms with van der Waals surface area (Å²) in [7, 11) is -3.73. The van der Waals surface area contributed by atoms with E-state index in [2.05, 4.69) is 0 Å². The third-order valence-corrected chi connectivity index (χ3v) is 5.90. The number of benzene rings is 1. The Balaban J connectivity index is 0.00000242. The van der Waals surface area contributed by atoms with E-state index >= 15 is 0 Å². The van der Waals surface area contributed by atoms with Crippen LogP contribution < -0.4 is 5.73 Å². The fraction of sp³-hybridized carbons (Fsp3) is 0.538. The predicted molar refractivity (Wildman–Crippen MR) is 85.6 cm³/mol. The van der Waals surface area contributed by atoms with Crippen molar-refractivity contribution in [2.24, 2.45) is 11.7 Å². The fourth-order valence-electron chi connectivity index (χ4n) is 2.70. The average molecular weight is 350 g/mol. The van der Waals surface area contributed by atoms with Crippen LogP contribution in [0.3, 0.4) is 0 Å². The first-order chi connectivity index (χ1) is 9.77. The summed E-state index contributed by atoms with van der Waals surface area (Å²) in [5, 5.41) is 11.0. The van der Waals surface area contributed by atoms with E-state index in [9.17, 15) is 18.5 Å². The van der Waals surface area contributed by atoms with Crippen LogP contribution in [0.2, 0.25) is 0 Å². The Morgan fingerprint density at radius 2 is 2.09 bits per heavy atom. The molecule has 1 aromatic rings. The summed E-state index contributed by atoms with van der Waals surface area (Å²) in [5.74, 6) is 0.134. The molecule has 9 heteroatoms. The number of nitrogens with zero attached hydrogens (tertiary/aromatic N) is 2. The van der Waals surface area contributed by atoms with Gasteiger partial charge in [-0.1, -0.05) is 6.07 Å². The number of hydrogen-bond donors (Lipinski definition) is 1. The van der Waals surface area contributed by atoms with Gasteiger partial charge in [-0.25, -0.2) is 8.42 Å². The van der Waals surface area contributed by atoms with Crippen molar-refractivity contribution in [2.45, 2.75) is 31.2 Å². The molecule has 0 aromatic heterocycles. The average Bonchev–Trinajstić information content (AvgIpc) is 2.80. The van der Waals surface area contributed by atoms with Gasteiger partial charge in [-0.3, -0.25) is 10.1 Å². The molecule has 1 aliphatic rings. The Kier molecular flexibility index (Phi) is 5.91. The lowest BCUT2D eigenvalue weighted by atomic mass is 10.1. The number of aryl methyl sites for hydroxylation is 1. The van der Waals surface area contributed by atoms with Crippen molar-refractivity contribution in [3.63, 3.8) is 0 Å².